The lowest BCUT2D eigenvalue weighted by Gasteiger charge is -2.00. The van der Waals surface area contributed by atoms with Gasteiger partial charge in [0, 0.05) is 0 Å². The summed E-state index contributed by atoms with van der Waals surface area (Å²) in [5.74, 6) is 0. The second kappa shape index (κ2) is 10.9. The summed E-state index contributed by atoms with van der Waals surface area (Å²) in [5.41, 5.74) is 0. The van der Waals surface area contributed by atoms with Crippen molar-refractivity contribution in [1.82, 2.24) is 0 Å². The maximum absolute atomic E-state index is 8.29. The highest BCUT2D eigenvalue weighted by Crippen LogP contribution is 0.846. The molecule has 0 amide bonds. The molecular formula is H2O2S2. The Bertz CT molecular complexity index is 30.5. The van der Waals surface area contributed by atoms with Gasteiger partial charge in [-0.25, -0.2) is 0 Å². The first-order valence-corrected chi connectivity index (χ1v) is 1.00. The van der Waals surface area contributed by atoms with Gasteiger partial charge < -0.3 is 13.5 Å². The molecule has 0 aliphatic rings. The largest absolute Gasteiger partial charge is 2.00 e. The van der Waals surface area contributed by atoms with Crippen LogP contribution in [0.4, 0.5) is 0 Å². The van der Waals surface area contributed by atoms with Gasteiger partial charge in [-0.2, -0.15) is 8.42 Å². The van der Waals surface area contributed by atoms with E-state index < -0.39 is 11.6 Å². The second-order valence-electron chi connectivity index (χ2n) is 0.0680. The van der Waals surface area contributed by atoms with Crippen molar-refractivity contribution in [3.63, 3.8) is 0 Å². The molecule has 0 spiro atoms. The Labute approximate surface area is 37.2 Å². The summed E-state index contributed by atoms with van der Waals surface area (Å²) in [6.45, 7) is 0. The average Bonchev–Trinajstić information content (AvgIpc) is 0.918. The lowest BCUT2D eigenvalue weighted by molar-refractivity contribution is 0.630. The first-order valence-electron chi connectivity index (χ1n) is 0.333. The van der Waals surface area contributed by atoms with E-state index in [1.165, 1.54) is 0 Å². The Kier molecular flexibility index (Phi) is 24.3. The molecule has 4 heteroatoms. The molecule has 0 saturated heterocycles. The fourth-order valence-electron chi connectivity index (χ4n) is 0. The molecule has 4 heavy (non-hydrogen) atoms. The van der Waals surface area contributed by atoms with E-state index in [1.54, 1.807) is 0 Å². The quantitative estimate of drug-likeness (QED) is 0.411. The van der Waals surface area contributed by atoms with Crippen molar-refractivity contribution in [3.8, 4) is 0 Å². The number of hydrogen-bond donors (Lipinski definition) is 0. The van der Waals surface area contributed by atoms with Crippen molar-refractivity contribution in [1.29, 1.82) is 0 Å². The molecule has 0 aliphatic carbocycles. The van der Waals surface area contributed by atoms with Gasteiger partial charge in [-0.15, -0.1) is 0 Å². The Hall–Kier alpha value is 0.170. The van der Waals surface area contributed by atoms with Crippen LogP contribution in [0.1, 0.15) is 2.85 Å². The fraction of sp³-hybridized carbons (Fsp3) is 0. The minimum absolute atomic E-state index is 0. The Balaban J connectivity index is -0.00000000667. The summed E-state index contributed by atoms with van der Waals surface area (Å²) in [4.78, 5) is 0. The summed E-state index contributed by atoms with van der Waals surface area (Å²) in [7, 11) is 0. The smallest absolute Gasteiger partial charge is 1.00 e. The molecule has 0 N–H and O–H groups in total. The topological polar surface area (TPSA) is 34.1 Å². The van der Waals surface area contributed by atoms with Crippen molar-refractivity contribution in [2.45, 2.75) is 0 Å². The third-order valence-electron chi connectivity index (χ3n) is 0. The Morgan fingerprint density at radius 1 is 1.50 bits per heavy atom. The van der Waals surface area contributed by atoms with Crippen LogP contribution in [-0.4, -0.2) is 8.42 Å². The van der Waals surface area contributed by atoms with Crippen molar-refractivity contribution in [2.75, 3.05) is 0 Å². The predicted molar refractivity (Wildman–Crippen MR) is 18.5 cm³/mol. The van der Waals surface area contributed by atoms with Crippen LogP contribution in [0.25, 0.3) is 0 Å². The molecule has 0 radical (unpaired) electrons. The van der Waals surface area contributed by atoms with Gasteiger partial charge >= 0.3 is 14.4 Å². The summed E-state index contributed by atoms with van der Waals surface area (Å²) < 4.78 is 16.6. The normalized spacial score (nSPS) is 3.00. The lowest BCUT2D eigenvalue weighted by Crippen LogP contribution is -1.18. The monoisotopic (exact) mass is 97.9 g/mol. The Morgan fingerprint density at radius 3 is 1.50 bits per heavy atom. The molecule has 0 aliphatic heterocycles. The van der Waals surface area contributed by atoms with Gasteiger partial charge in [-0.05, 0) is 0 Å². The van der Waals surface area contributed by atoms with Gasteiger partial charge in [0.25, 0.3) is 0 Å². The molecule has 0 heterocycles. The van der Waals surface area contributed by atoms with Gasteiger partial charge in [-0.3, -0.25) is 0 Å². The van der Waals surface area contributed by atoms with E-state index >= 15 is 0 Å². The average molecular weight is 98.1 g/mol. The van der Waals surface area contributed by atoms with E-state index in [0.29, 0.717) is 0 Å². The van der Waals surface area contributed by atoms with Gasteiger partial charge in [-0.1, -0.05) is 0 Å². The van der Waals surface area contributed by atoms with E-state index in [-0.39, 0.29) is 16.3 Å². The zero-order valence-corrected chi connectivity index (χ0v) is 3.27. The molecule has 0 aromatic carbocycles. The number of rotatable bonds is 0. The van der Waals surface area contributed by atoms with Crippen molar-refractivity contribution < 1.29 is 11.3 Å². The van der Waals surface area contributed by atoms with Gasteiger partial charge in [0.2, 0.25) is 0 Å². The summed E-state index contributed by atoms with van der Waals surface area (Å²) in [5, 5.41) is 0. The minimum Gasteiger partial charge on any atom is -2.00 e. The van der Waals surface area contributed by atoms with Crippen LogP contribution in [0, 0.1) is 0 Å². The summed E-state index contributed by atoms with van der Waals surface area (Å²) >= 11 is -0.750. The summed E-state index contributed by atoms with van der Waals surface area (Å²) in [6, 6.07) is 0. The van der Waals surface area contributed by atoms with Gasteiger partial charge in [0.1, 0.15) is 0 Å². The highest BCUT2D eigenvalue weighted by Gasteiger charge is 1.12. The molecular weight excluding hydrogens is 96.1 g/mol. The van der Waals surface area contributed by atoms with Crippen LogP contribution in [-0.2, 0) is 25.1 Å². The summed E-state index contributed by atoms with van der Waals surface area (Å²) in [6.07, 6.45) is 0. The zero-order chi connectivity index (χ0) is 2.71. The first-order chi connectivity index (χ1) is 1.41. The zero-order valence-electron chi connectivity index (χ0n) is 3.63. The van der Waals surface area contributed by atoms with E-state index in [9.17, 15) is 0 Å². The Morgan fingerprint density at radius 2 is 1.50 bits per heavy atom. The molecule has 0 aromatic heterocycles. The standard InChI is InChI=1S/O2S.S/c1-3-2;/q;-2/p+2. The maximum Gasteiger partial charge on any atom is 1.00 e. The van der Waals surface area contributed by atoms with Crippen LogP contribution in [0.15, 0.2) is 0 Å². The SMILES string of the molecule is O=S=O.[H+].[H+].[S-2]. The molecule has 0 bridgehead atoms. The van der Waals surface area contributed by atoms with Gasteiger partial charge in [0.05, 0.1) is 0 Å². The highest BCUT2D eigenvalue weighted by atomic mass is 32.1. The third kappa shape index (κ3) is 103. The van der Waals surface area contributed by atoms with Crippen LogP contribution in [0.5, 0.6) is 0 Å². The molecule has 0 atom stereocenters. The molecule has 0 aromatic rings. The maximum atomic E-state index is 8.29. The molecule has 0 unspecified atom stereocenters. The molecule has 0 rings (SSSR count). The van der Waals surface area contributed by atoms with Crippen LogP contribution in [0.3, 0.4) is 0 Å². The van der Waals surface area contributed by atoms with Crippen molar-refractivity contribution in [3.05, 3.63) is 0 Å². The molecule has 2 nitrogen and oxygen atoms in total. The van der Waals surface area contributed by atoms with Crippen LogP contribution >= 0.6 is 0 Å². The molecule has 0 fully saturated rings. The van der Waals surface area contributed by atoms with E-state index in [0.717, 1.165) is 0 Å². The van der Waals surface area contributed by atoms with Crippen LogP contribution in [0.2, 0.25) is 0 Å². The van der Waals surface area contributed by atoms with Gasteiger partial charge in [0.15, 0.2) is 0 Å². The second-order valence-corrected chi connectivity index (χ2v) is 0.204. The third-order valence-corrected chi connectivity index (χ3v) is 0. The van der Waals surface area contributed by atoms with E-state index in [4.69, 9.17) is 8.42 Å². The number of hydrogen-bond acceptors (Lipinski definition) is 2. The van der Waals surface area contributed by atoms with Crippen LogP contribution < -0.4 is 0 Å². The fourth-order valence-corrected chi connectivity index (χ4v) is 0. The van der Waals surface area contributed by atoms with E-state index in [1.807, 2.05) is 0 Å². The molecule has 26 valence electrons. The minimum atomic E-state index is -0.750. The predicted octanol–water partition coefficient (Wildman–Crippen LogP) is -0.448. The molecule has 0 saturated carbocycles. The first kappa shape index (κ1) is 8.90. The highest BCUT2D eigenvalue weighted by molar-refractivity contribution is 7.51. The van der Waals surface area contributed by atoms with Crippen molar-refractivity contribution in [2.24, 2.45) is 0 Å². The van der Waals surface area contributed by atoms with Crippen molar-refractivity contribution >= 4 is 25.1 Å². The van der Waals surface area contributed by atoms with E-state index in [2.05, 4.69) is 0 Å². The lowest BCUT2D eigenvalue weighted by atomic mass is 15.9.